The molecular formula is C17H14N4OS. The van der Waals surface area contributed by atoms with Crippen molar-refractivity contribution in [2.45, 2.75) is 6.92 Å². The molecule has 0 aliphatic rings. The van der Waals surface area contributed by atoms with Crippen molar-refractivity contribution in [1.29, 1.82) is 0 Å². The van der Waals surface area contributed by atoms with Crippen LogP contribution in [0.2, 0.25) is 0 Å². The molecule has 6 heteroatoms. The Morgan fingerprint density at radius 1 is 1.13 bits per heavy atom. The quantitative estimate of drug-likeness (QED) is 0.617. The lowest BCUT2D eigenvalue weighted by Gasteiger charge is -2.06. The van der Waals surface area contributed by atoms with E-state index in [1.54, 1.807) is 24.8 Å². The Morgan fingerprint density at radius 3 is 2.83 bits per heavy atom. The monoisotopic (exact) mass is 322 g/mol. The van der Waals surface area contributed by atoms with Crippen LogP contribution in [0.4, 0.5) is 0 Å². The van der Waals surface area contributed by atoms with Crippen molar-refractivity contribution < 1.29 is 4.74 Å². The smallest absolute Gasteiger partial charge is 0.181 e. The molecule has 0 amide bonds. The Bertz CT molecular complexity index is 989. The molecular weight excluding hydrogens is 308 g/mol. The van der Waals surface area contributed by atoms with Crippen LogP contribution >= 0.6 is 11.3 Å². The number of thiophene rings is 1. The summed E-state index contributed by atoms with van der Waals surface area (Å²) >= 11 is 1.68. The second-order valence-corrected chi connectivity index (χ2v) is 6.43. The molecule has 0 atom stereocenters. The lowest BCUT2D eigenvalue weighted by Crippen LogP contribution is -1.94. The van der Waals surface area contributed by atoms with Gasteiger partial charge in [-0.15, -0.1) is 11.3 Å². The minimum absolute atomic E-state index is 0.666. The van der Waals surface area contributed by atoms with Crippen molar-refractivity contribution in [1.82, 2.24) is 19.9 Å². The first-order valence-corrected chi connectivity index (χ1v) is 7.98. The van der Waals surface area contributed by atoms with Gasteiger partial charge >= 0.3 is 0 Å². The molecule has 1 aromatic carbocycles. The van der Waals surface area contributed by atoms with E-state index in [1.165, 1.54) is 4.88 Å². The third-order valence-corrected chi connectivity index (χ3v) is 4.59. The van der Waals surface area contributed by atoms with E-state index in [9.17, 15) is 0 Å². The van der Waals surface area contributed by atoms with Crippen molar-refractivity contribution in [3.63, 3.8) is 0 Å². The molecule has 5 nitrogen and oxygen atoms in total. The van der Waals surface area contributed by atoms with Crippen LogP contribution in [0.15, 0.2) is 42.7 Å². The highest BCUT2D eigenvalue weighted by Crippen LogP contribution is 2.31. The second kappa shape index (κ2) is 5.48. The molecule has 0 radical (unpaired) electrons. The number of fused-ring (bicyclic) bond motifs is 1. The first-order valence-electron chi connectivity index (χ1n) is 7.17. The average Bonchev–Trinajstić information content (AvgIpc) is 3.22. The van der Waals surface area contributed by atoms with Crippen molar-refractivity contribution in [2.24, 2.45) is 0 Å². The zero-order valence-corrected chi connectivity index (χ0v) is 13.5. The second-order valence-electron chi connectivity index (χ2n) is 5.14. The Labute approximate surface area is 137 Å². The van der Waals surface area contributed by atoms with E-state index >= 15 is 0 Å². The summed E-state index contributed by atoms with van der Waals surface area (Å²) in [7, 11) is 1.66. The standard InChI is InChI=1S/C17H14N4OS/c1-10-6-7-13(23-10)16-20-14(15-17(21-16)19-9-18-15)11-4-3-5-12(8-11)22-2/h3-9H,1-2H3,(H,18,19,20,21). The van der Waals surface area contributed by atoms with E-state index in [4.69, 9.17) is 9.72 Å². The van der Waals surface area contributed by atoms with Gasteiger partial charge in [-0.05, 0) is 31.2 Å². The molecule has 0 fully saturated rings. The van der Waals surface area contributed by atoms with Gasteiger partial charge in [0.15, 0.2) is 11.5 Å². The summed E-state index contributed by atoms with van der Waals surface area (Å²) in [6.45, 7) is 2.07. The molecule has 0 spiro atoms. The highest BCUT2D eigenvalue weighted by Gasteiger charge is 2.14. The fourth-order valence-electron chi connectivity index (χ4n) is 2.48. The molecule has 0 aliphatic carbocycles. The van der Waals surface area contributed by atoms with E-state index in [1.807, 2.05) is 30.3 Å². The molecule has 4 rings (SSSR count). The summed E-state index contributed by atoms with van der Waals surface area (Å²) in [6.07, 6.45) is 1.65. The maximum absolute atomic E-state index is 5.32. The van der Waals surface area contributed by atoms with Crippen LogP contribution in [0.1, 0.15) is 4.88 Å². The molecule has 0 saturated carbocycles. The summed E-state index contributed by atoms with van der Waals surface area (Å²) in [6, 6.07) is 12.0. The van der Waals surface area contributed by atoms with Crippen LogP contribution in [0.25, 0.3) is 33.1 Å². The van der Waals surface area contributed by atoms with E-state index in [0.29, 0.717) is 11.5 Å². The van der Waals surface area contributed by atoms with Crippen LogP contribution in [0, 0.1) is 6.92 Å². The summed E-state index contributed by atoms with van der Waals surface area (Å²) in [4.78, 5) is 19.1. The molecule has 0 saturated heterocycles. The minimum atomic E-state index is 0.666. The molecule has 0 aliphatic heterocycles. The van der Waals surface area contributed by atoms with Crippen LogP contribution in [0.5, 0.6) is 5.75 Å². The number of aromatic amines is 1. The topological polar surface area (TPSA) is 63.7 Å². The summed E-state index contributed by atoms with van der Waals surface area (Å²) in [5.41, 5.74) is 3.29. The third-order valence-electron chi connectivity index (χ3n) is 3.59. The van der Waals surface area contributed by atoms with Gasteiger partial charge in [-0.1, -0.05) is 12.1 Å². The zero-order chi connectivity index (χ0) is 15.8. The van der Waals surface area contributed by atoms with Crippen molar-refractivity contribution in [2.75, 3.05) is 7.11 Å². The van der Waals surface area contributed by atoms with E-state index in [0.717, 1.165) is 27.4 Å². The fraction of sp³-hybridized carbons (Fsp3) is 0.118. The van der Waals surface area contributed by atoms with E-state index < -0.39 is 0 Å². The maximum Gasteiger partial charge on any atom is 0.181 e. The van der Waals surface area contributed by atoms with Gasteiger partial charge in [0, 0.05) is 10.4 Å². The van der Waals surface area contributed by atoms with Crippen LogP contribution in [0.3, 0.4) is 0 Å². The van der Waals surface area contributed by atoms with Gasteiger partial charge in [-0.2, -0.15) is 0 Å². The lowest BCUT2D eigenvalue weighted by molar-refractivity contribution is 0.415. The van der Waals surface area contributed by atoms with Crippen molar-refractivity contribution >= 4 is 22.5 Å². The zero-order valence-electron chi connectivity index (χ0n) is 12.7. The number of nitrogens with one attached hydrogen (secondary N) is 1. The Hall–Kier alpha value is -2.73. The van der Waals surface area contributed by atoms with Gasteiger partial charge in [-0.3, -0.25) is 0 Å². The first-order chi connectivity index (χ1) is 11.2. The Balaban J connectivity index is 1.95. The predicted octanol–water partition coefficient (Wildman–Crippen LogP) is 4.07. The Kier molecular flexibility index (Phi) is 3.31. The number of imidazole rings is 1. The Morgan fingerprint density at radius 2 is 2.04 bits per heavy atom. The predicted molar refractivity (Wildman–Crippen MR) is 91.7 cm³/mol. The number of rotatable bonds is 3. The molecule has 114 valence electrons. The lowest BCUT2D eigenvalue weighted by atomic mass is 10.1. The van der Waals surface area contributed by atoms with Crippen molar-refractivity contribution in [3.8, 4) is 27.7 Å². The minimum Gasteiger partial charge on any atom is -0.497 e. The fourth-order valence-corrected chi connectivity index (χ4v) is 3.28. The van der Waals surface area contributed by atoms with E-state index in [-0.39, 0.29) is 0 Å². The molecule has 3 aromatic heterocycles. The SMILES string of the molecule is COc1cccc(-c2nc(-c3ccc(C)s3)nc3nc[nH]c23)c1. The van der Waals surface area contributed by atoms with Crippen molar-refractivity contribution in [3.05, 3.63) is 47.6 Å². The molecule has 1 N–H and O–H groups in total. The van der Waals surface area contributed by atoms with Gasteiger partial charge in [0.25, 0.3) is 0 Å². The van der Waals surface area contributed by atoms with Crippen LogP contribution < -0.4 is 4.74 Å². The largest absolute Gasteiger partial charge is 0.497 e. The number of aryl methyl sites for hydroxylation is 1. The summed E-state index contributed by atoms with van der Waals surface area (Å²) in [5.74, 6) is 1.49. The van der Waals surface area contributed by atoms with Gasteiger partial charge < -0.3 is 9.72 Å². The molecule has 4 aromatic rings. The highest BCUT2D eigenvalue weighted by atomic mass is 32.1. The number of hydrogen-bond donors (Lipinski definition) is 1. The summed E-state index contributed by atoms with van der Waals surface area (Å²) in [5, 5.41) is 0. The number of methoxy groups -OCH3 is 1. The number of aromatic nitrogens is 4. The maximum atomic E-state index is 5.32. The first kappa shape index (κ1) is 13.9. The number of hydrogen-bond acceptors (Lipinski definition) is 5. The number of H-pyrrole nitrogens is 1. The molecule has 3 heterocycles. The summed E-state index contributed by atoms with van der Waals surface area (Å²) < 4.78 is 5.32. The van der Waals surface area contributed by atoms with Gasteiger partial charge in [-0.25, -0.2) is 15.0 Å². The number of nitrogens with zero attached hydrogens (tertiary/aromatic N) is 3. The third kappa shape index (κ3) is 2.47. The average molecular weight is 322 g/mol. The number of ether oxygens (including phenoxy) is 1. The highest BCUT2D eigenvalue weighted by molar-refractivity contribution is 7.15. The number of benzene rings is 1. The van der Waals surface area contributed by atoms with Gasteiger partial charge in [0.1, 0.15) is 17.0 Å². The van der Waals surface area contributed by atoms with Gasteiger partial charge in [0.2, 0.25) is 0 Å². The molecule has 0 unspecified atom stereocenters. The van der Waals surface area contributed by atoms with Crippen LogP contribution in [-0.4, -0.2) is 27.0 Å². The normalized spacial score (nSPS) is 11.0. The molecule has 23 heavy (non-hydrogen) atoms. The molecule has 0 bridgehead atoms. The van der Waals surface area contributed by atoms with E-state index in [2.05, 4.69) is 27.9 Å². The van der Waals surface area contributed by atoms with Gasteiger partial charge in [0.05, 0.1) is 18.3 Å². The van der Waals surface area contributed by atoms with Crippen LogP contribution in [-0.2, 0) is 0 Å².